The third-order valence-corrected chi connectivity index (χ3v) is 7.03. The van der Waals surface area contributed by atoms with Crippen LogP contribution in [0.2, 0.25) is 0 Å². The van der Waals surface area contributed by atoms with Crippen LogP contribution in [-0.4, -0.2) is 31.4 Å². The fourth-order valence-corrected chi connectivity index (χ4v) is 5.30. The monoisotopic (exact) mass is 317 g/mol. The summed E-state index contributed by atoms with van der Waals surface area (Å²) in [5.74, 6) is 0.539. The number of likely N-dealkylation sites (N-methyl/N-ethyl adjacent to an activating group) is 1. The van der Waals surface area contributed by atoms with E-state index in [2.05, 4.69) is 56.4 Å². The van der Waals surface area contributed by atoms with Crippen molar-refractivity contribution in [2.45, 2.75) is 45.6 Å². The standard InChI is InChI=1S/C20H31NO2/c1-4-21-12-13-23-20(16-8-6-5-7-9-16)14-17-10-11-19(20,3)18(17,2)15-22/h5-9,17,21-22H,4,10-15H2,1-3H3/t17?,18-,19-,20+/m1/s1. The Labute approximate surface area is 140 Å². The summed E-state index contributed by atoms with van der Waals surface area (Å²) >= 11 is 0. The summed E-state index contributed by atoms with van der Waals surface area (Å²) in [7, 11) is 0. The Morgan fingerprint density at radius 2 is 2.00 bits per heavy atom. The molecule has 0 saturated heterocycles. The van der Waals surface area contributed by atoms with Crippen LogP contribution in [0.3, 0.4) is 0 Å². The van der Waals surface area contributed by atoms with E-state index in [1.54, 1.807) is 0 Å². The Morgan fingerprint density at radius 1 is 1.26 bits per heavy atom. The second-order valence-electron chi connectivity index (χ2n) is 7.74. The summed E-state index contributed by atoms with van der Waals surface area (Å²) in [6.45, 7) is 9.54. The van der Waals surface area contributed by atoms with Gasteiger partial charge in [-0.25, -0.2) is 0 Å². The van der Waals surface area contributed by atoms with Gasteiger partial charge in [0, 0.05) is 24.0 Å². The van der Waals surface area contributed by atoms with Crippen LogP contribution < -0.4 is 5.32 Å². The van der Waals surface area contributed by atoms with Gasteiger partial charge in [-0.15, -0.1) is 0 Å². The lowest BCUT2D eigenvalue weighted by Crippen LogP contribution is -2.49. The third kappa shape index (κ3) is 2.28. The van der Waals surface area contributed by atoms with E-state index in [9.17, 15) is 5.11 Å². The zero-order valence-electron chi connectivity index (χ0n) is 14.8. The van der Waals surface area contributed by atoms with Gasteiger partial charge in [-0.3, -0.25) is 0 Å². The van der Waals surface area contributed by atoms with Gasteiger partial charge in [-0.2, -0.15) is 0 Å². The van der Waals surface area contributed by atoms with Crippen molar-refractivity contribution >= 4 is 0 Å². The number of nitrogens with one attached hydrogen (secondary N) is 1. The molecule has 0 spiro atoms. The molecule has 2 fully saturated rings. The second-order valence-corrected chi connectivity index (χ2v) is 7.74. The van der Waals surface area contributed by atoms with Crippen molar-refractivity contribution in [1.82, 2.24) is 5.32 Å². The predicted molar refractivity (Wildman–Crippen MR) is 93.3 cm³/mol. The van der Waals surface area contributed by atoms with Crippen molar-refractivity contribution < 1.29 is 9.84 Å². The fourth-order valence-electron chi connectivity index (χ4n) is 5.30. The highest BCUT2D eigenvalue weighted by Gasteiger charge is 2.71. The van der Waals surface area contributed by atoms with Gasteiger partial charge in [0.2, 0.25) is 0 Å². The van der Waals surface area contributed by atoms with Crippen LogP contribution >= 0.6 is 0 Å². The largest absolute Gasteiger partial charge is 0.396 e. The molecule has 1 aromatic carbocycles. The van der Waals surface area contributed by atoms with Crippen LogP contribution in [0, 0.1) is 16.7 Å². The summed E-state index contributed by atoms with van der Waals surface area (Å²) in [6, 6.07) is 10.7. The maximum absolute atomic E-state index is 10.2. The first-order valence-corrected chi connectivity index (χ1v) is 9.05. The Bertz CT molecular complexity index is 534. The molecule has 2 bridgehead atoms. The molecule has 2 aliphatic rings. The minimum absolute atomic E-state index is 0.0208. The van der Waals surface area contributed by atoms with Crippen molar-refractivity contribution in [2.24, 2.45) is 16.7 Å². The minimum atomic E-state index is -0.274. The van der Waals surface area contributed by atoms with Crippen LogP contribution in [0.5, 0.6) is 0 Å². The first-order valence-electron chi connectivity index (χ1n) is 9.05. The zero-order valence-corrected chi connectivity index (χ0v) is 14.8. The smallest absolute Gasteiger partial charge is 0.0994 e. The van der Waals surface area contributed by atoms with E-state index >= 15 is 0 Å². The molecule has 2 N–H and O–H groups in total. The molecule has 3 rings (SSSR count). The molecule has 0 amide bonds. The number of hydrogen-bond donors (Lipinski definition) is 2. The molecule has 2 aliphatic carbocycles. The molecule has 0 aromatic heterocycles. The van der Waals surface area contributed by atoms with Gasteiger partial charge in [0.15, 0.2) is 0 Å². The topological polar surface area (TPSA) is 41.5 Å². The van der Waals surface area contributed by atoms with E-state index in [1.165, 1.54) is 12.0 Å². The number of aliphatic hydroxyl groups is 1. The SMILES string of the molecule is CCNCCO[C@]1(c2ccccc2)CC2CC[C@]1(C)[C@]2(C)CO. The normalized spacial score (nSPS) is 39.0. The van der Waals surface area contributed by atoms with Crippen LogP contribution in [0.25, 0.3) is 0 Å². The number of hydrogen-bond acceptors (Lipinski definition) is 3. The van der Waals surface area contributed by atoms with Gasteiger partial charge in [-0.05, 0) is 37.3 Å². The number of aliphatic hydroxyl groups excluding tert-OH is 1. The molecule has 0 radical (unpaired) electrons. The van der Waals surface area contributed by atoms with Crippen molar-refractivity contribution in [3.8, 4) is 0 Å². The fraction of sp³-hybridized carbons (Fsp3) is 0.700. The van der Waals surface area contributed by atoms with E-state index in [0.29, 0.717) is 12.5 Å². The maximum Gasteiger partial charge on any atom is 0.0994 e. The molecule has 0 aliphatic heterocycles. The summed E-state index contributed by atoms with van der Waals surface area (Å²) in [4.78, 5) is 0. The molecule has 3 nitrogen and oxygen atoms in total. The van der Waals surface area contributed by atoms with E-state index in [0.717, 1.165) is 25.9 Å². The second kappa shape index (κ2) is 6.19. The molecular weight excluding hydrogens is 286 g/mol. The molecule has 0 heterocycles. The quantitative estimate of drug-likeness (QED) is 0.758. The van der Waals surface area contributed by atoms with Gasteiger partial charge >= 0.3 is 0 Å². The minimum Gasteiger partial charge on any atom is -0.396 e. The van der Waals surface area contributed by atoms with E-state index in [4.69, 9.17) is 4.74 Å². The van der Waals surface area contributed by atoms with Crippen LogP contribution in [-0.2, 0) is 10.3 Å². The molecule has 2 saturated carbocycles. The molecular formula is C20H31NO2. The Hall–Kier alpha value is -0.900. The van der Waals surface area contributed by atoms with Crippen molar-refractivity contribution in [3.63, 3.8) is 0 Å². The highest BCUT2D eigenvalue weighted by atomic mass is 16.5. The molecule has 1 unspecified atom stereocenters. The lowest BCUT2D eigenvalue weighted by Gasteiger charge is -2.49. The summed E-state index contributed by atoms with van der Waals surface area (Å²) in [6.07, 6.45) is 3.36. The van der Waals surface area contributed by atoms with Crippen LogP contribution in [0.4, 0.5) is 0 Å². The third-order valence-electron chi connectivity index (χ3n) is 7.03. The molecule has 23 heavy (non-hydrogen) atoms. The lowest BCUT2D eigenvalue weighted by atomic mass is 9.61. The van der Waals surface area contributed by atoms with Crippen molar-refractivity contribution in [1.29, 1.82) is 0 Å². The van der Waals surface area contributed by atoms with Crippen molar-refractivity contribution in [3.05, 3.63) is 35.9 Å². The predicted octanol–water partition coefficient (Wildman–Crippen LogP) is 3.33. The van der Waals surface area contributed by atoms with Crippen LogP contribution in [0.15, 0.2) is 30.3 Å². The number of ether oxygens (including phenoxy) is 1. The maximum atomic E-state index is 10.2. The molecule has 3 heteroatoms. The highest BCUT2D eigenvalue weighted by Crippen LogP contribution is 2.73. The highest BCUT2D eigenvalue weighted by molar-refractivity contribution is 5.33. The molecule has 128 valence electrons. The Balaban J connectivity index is 1.98. The van der Waals surface area contributed by atoms with Gasteiger partial charge in [0.05, 0.1) is 12.2 Å². The average Bonchev–Trinajstić information content (AvgIpc) is 2.94. The van der Waals surface area contributed by atoms with Gasteiger partial charge < -0.3 is 15.2 Å². The molecule has 4 atom stereocenters. The number of rotatable bonds is 7. The Morgan fingerprint density at radius 3 is 2.61 bits per heavy atom. The van der Waals surface area contributed by atoms with E-state index in [1.807, 2.05) is 0 Å². The molecule has 1 aromatic rings. The number of fused-ring (bicyclic) bond motifs is 2. The lowest BCUT2D eigenvalue weighted by molar-refractivity contribution is -0.152. The summed E-state index contributed by atoms with van der Waals surface area (Å²) < 4.78 is 6.64. The van der Waals surface area contributed by atoms with Gasteiger partial charge in [0.1, 0.15) is 0 Å². The van der Waals surface area contributed by atoms with E-state index in [-0.39, 0.29) is 23.0 Å². The summed E-state index contributed by atoms with van der Waals surface area (Å²) in [5.41, 5.74) is 0.929. The number of benzene rings is 1. The summed E-state index contributed by atoms with van der Waals surface area (Å²) in [5, 5.41) is 13.6. The van der Waals surface area contributed by atoms with Crippen LogP contribution in [0.1, 0.15) is 45.6 Å². The van der Waals surface area contributed by atoms with Gasteiger partial charge in [0.25, 0.3) is 0 Å². The van der Waals surface area contributed by atoms with E-state index < -0.39 is 0 Å². The van der Waals surface area contributed by atoms with Crippen molar-refractivity contribution in [2.75, 3.05) is 26.3 Å². The zero-order chi connectivity index (χ0) is 16.6. The average molecular weight is 317 g/mol. The first kappa shape index (κ1) is 16.9. The van der Waals surface area contributed by atoms with Gasteiger partial charge in [-0.1, -0.05) is 51.1 Å². The Kier molecular flexibility index (Phi) is 4.56. The first-order chi connectivity index (χ1) is 11.0.